The van der Waals surface area contributed by atoms with Gasteiger partial charge in [0.15, 0.2) is 5.82 Å². The van der Waals surface area contributed by atoms with E-state index >= 15 is 0 Å². The summed E-state index contributed by atoms with van der Waals surface area (Å²) in [5.41, 5.74) is 4.43. The lowest BCUT2D eigenvalue weighted by Gasteiger charge is -2.28. The second-order valence-electron chi connectivity index (χ2n) is 9.22. The molecule has 1 aliphatic rings. The Labute approximate surface area is 230 Å². The van der Waals surface area contributed by atoms with Gasteiger partial charge in [-0.15, -0.1) is 0 Å². The molecule has 1 saturated heterocycles. The van der Waals surface area contributed by atoms with Gasteiger partial charge in [-0.05, 0) is 37.6 Å². The van der Waals surface area contributed by atoms with Crippen LogP contribution in [-0.2, 0) is 23.4 Å². The second-order valence-corrected chi connectivity index (χ2v) is 10.9. The molecule has 1 aliphatic heterocycles. The number of benzene rings is 1. The number of carbonyl (C=O) groups is 1. The number of rotatable bonds is 12. The number of aliphatic hydroxyl groups excluding tert-OH is 2. The topological polar surface area (TPSA) is 204 Å². The minimum Gasteiger partial charge on any atom is -0.465 e. The average molecular weight is 575 g/mol. The lowest BCUT2D eigenvalue weighted by Crippen LogP contribution is -2.46. The fourth-order valence-corrected chi connectivity index (χ4v) is 5.62. The average Bonchev–Trinajstić information content (AvgIpc) is 3.48. The first-order valence-corrected chi connectivity index (χ1v) is 14.1. The van der Waals surface area contributed by atoms with E-state index in [-0.39, 0.29) is 23.9 Å². The zero-order valence-electron chi connectivity index (χ0n) is 21.9. The fraction of sp³-hybridized carbons (Fsp3) is 0.440. The maximum absolute atomic E-state index is 13.8. The zero-order valence-corrected chi connectivity index (χ0v) is 22.8. The number of para-hydroxylation sites is 1. The van der Waals surface area contributed by atoms with E-state index in [0.29, 0.717) is 11.9 Å². The van der Waals surface area contributed by atoms with Gasteiger partial charge in [0.25, 0.3) is 0 Å². The number of ether oxygens (including phenoxy) is 2. The number of anilines is 1. The summed E-state index contributed by atoms with van der Waals surface area (Å²) >= 11 is 0. The highest BCUT2D eigenvalue weighted by molar-refractivity contribution is 7.52. The van der Waals surface area contributed by atoms with Crippen LogP contribution in [0.1, 0.15) is 38.5 Å². The highest BCUT2D eigenvalue weighted by atomic mass is 31.2. The maximum Gasteiger partial charge on any atom is 0.459 e. The number of aliphatic hydroxyl groups is 2. The van der Waals surface area contributed by atoms with Crippen molar-refractivity contribution >= 4 is 25.1 Å². The molecule has 0 unspecified atom stereocenters. The van der Waals surface area contributed by atoms with Crippen molar-refractivity contribution in [3.63, 3.8) is 0 Å². The molecule has 1 aromatic carbocycles. The van der Waals surface area contributed by atoms with Crippen LogP contribution in [0, 0.1) is 11.3 Å². The Bertz CT molecular complexity index is 1420. The molecule has 0 amide bonds. The predicted octanol–water partition coefficient (Wildman–Crippen LogP) is 1.89. The third-order valence-electron chi connectivity index (χ3n) is 6.31. The van der Waals surface area contributed by atoms with Crippen molar-refractivity contribution in [3.8, 4) is 11.8 Å². The quantitative estimate of drug-likeness (QED) is 0.139. The molecule has 1 fully saturated rings. The number of nitrogens with one attached hydrogen (secondary N) is 1. The number of hydrogen-bond donors (Lipinski definition) is 4. The summed E-state index contributed by atoms with van der Waals surface area (Å²) in [4.78, 5) is 16.3. The van der Waals surface area contributed by atoms with Crippen LogP contribution in [0.2, 0.25) is 0 Å². The van der Waals surface area contributed by atoms with Gasteiger partial charge in [-0.1, -0.05) is 31.5 Å². The third kappa shape index (κ3) is 6.10. The minimum absolute atomic E-state index is 0.151. The van der Waals surface area contributed by atoms with Crippen LogP contribution in [0.3, 0.4) is 0 Å². The Hall–Kier alpha value is -3.57. The van der Waals surface area contributed by atoms with E-state index in [1.165, 1.54) is 29.9 Å². The zero-order chi connectivity index (χ0) is 28.9. The highest BCUT2D eigenvalue weighted by Gasteiger charge is 2.57. The van der Waals surface area contributed by atoms with Gasteiger partial charge >= 0.3 is 13.7 Å². The summed E-state index contributed by atoms with van der Waals surface area (Å²) < 4.78 is 37.5. The van der Waals surface area contributed by atoms with Crippen LogP contribution >= 0.6 is 7.75 Å². The summed E-state index contributed by atoms with van der Waals surface area (Å²) in [5, 5.41) is 38.5. The van der Waals surface area contributed by atoms with Crippen molar-refractivity contribution in [1.29, 1.82) is 5.26 Å². The van der Waals surface area contributed by atoms with E-state index < -0.39 is 50.3 Å². The van der Waals surface area contributed by atoms with Gasteiger partial charge < -0.3 is 29.9 Å². The van der Waals surface area contributed by atoms with Gasteiger partial charge in [0, 0.05) is 0 Å². The van der Waals surface area contributed by atoms with Crippen molar-refractivity contribution in [2.24, 2.45) is 0 Å². The van der Waals surface area contributed by atoms with Gasteiger partial charge in [0.1, 0.15) is 54.6 Å². The number of aromatic nitrogens is 3. The van der Waals surface area contributed by atoms with E-state index in [4.69, 9.17) is 24.3 Å². The number of nitrogens with two attached hydrogens (primary N) is 1. The van der Waals surface area contributed by atoms with Gasteiger partial charge in [-0.3, -0.25) is 9.32 Å². The van der Waals surface area contributed by atoms with Gasteiger partial charge in [-0.2, -0.15) is 15.4 Å². The number of fused-ring (bicyclic) bond motifs is 1. The Morgan fingerprint density at radius 1 is 1.32 bits per heavy atom. The molecule has 0 bridgehead atoms. The number of nitriles is 1. The van der Waals surface area contributed by atoms with Crippen molar-refractivity contribution < 1.29 is 38.1 Å². The van der Waals surface area contributed by atoms with E-state index in [9.17, 15) is 24.8 Å². The number of nitrogen functional groups attached to an aromatic ring is 1. The van der Waals surface area contributed by atoms with Crippen LogP contribution < -0.4 is 15.3 Å². The largest absolute Gasteiger partial charge is 0.465 e. The van der Waals surface area contributed by atoms with Crippen molar-refractivity contribution in [2.45, 2.75) is 56.6 Å². The first-order valence-electron chi connectivity index (χ1n) is 12.6. The molecule has 40 heavy (non-hydrogen) atoms. The molecule has 14 nitrogen and oxygen atoms in total. The monoisotopic (exact) mass is 574 g/mol. The smallest absolute Gasteiger partial charge is 0.459 e. The molecule has 0 radical (unpaired) electrons. The number of unbranched alkanes of at least 4 members (excludes halogenated alkanes) is 1. The molecule has 0 saturated carbocycles. The molecule has 0 aliphatic carbocycles. The summed E-state index contributed by atoms with van der Waals surface area (Å²) in [6, 6.07) is 11.9. The second kappa shape index (κ2) is 12.3. The summed E-state index contributed by atoms with van der Waals surface area (Å²) in [6.07, 6.45) is -1.92. The first kappa shape index (κ1) is 29.4. The Balaban J connectivity index is 1.56. The lowest BCUT2D eigenvalue weighted by molar-refractivity contribution is -0.145. The Morgan fingerprint density at radius 2 is 2.08 bits per heavy atom. The van der Waals surface area contributed by atoms with E-state index in [1.807, 2.05) is 13.0 Å². The van der Waals surface area contributed by atoms with Crippen LogP contribution in [0.15, 0.2) is 48.8 Å². The maximum atomic E-state index is 13.8. The predicted molar refractivity (Wildman–Crippen MR) is 141 cm³/mol. The normalized spacial score (nSPS) is 24.7. The van der Waals surface area contributed by atoms with Crippen LogP contribution in [0.5, 0.6) is 5.75 Å². The van der Waals surface area contributed by atoms with Crippen molar-refractivity contribution in [3.05, 3.63) is 54.5 Å². The molecular weight excluding hydrogens is 543 g/mol. The number of carbonyl (C=O) groups excluding carboxylic acids is 1. The molecular formula is C25H31N6O8P. The molecule has 6 atom stereocenters. The third-order valence-corrected chi connectivity index (χ3v) is 7.93. The van der Waals surface area contributed by atoms with Crippen molar-refractivity contribution in [1.82, 2.24) is 19.7 Å². The molecule has 5 N–H and O–H groups in total. The van der Waals surface area contributed by atoms with E-state index in [1.54, 1.807) is 30.3 Å². The summed E-state index contributed by atoms with van der Waals surface area (Å²) in [7, 11) is -4.39. The molecule has 2 aromatic heterocycles. The fourth-order valence-electron chi connectivity index (χ4n) is 4.10. The SMILES string of the molecule is CCCCOC(=O)[C@H](C)N[P@](=O)(OC[C@@]1(C#N)O[C@@H](c2ccc3c(N)ncnn23)[C@H](O)[C@@H]1O)Oc1ccccc1. The first-order chi connectivity index (χ1) is 19.1. The van der Waals surface area contributed by atoms with Crippen LogP contribution in [0.25, 0.3) is 5.52 Å². The lowest BCUT2D eigenvalue weighted by atomic mass is 9.96. The van der Waals surface area contributed by atoms with Gasteiger partial charge in [0.05, 0.1) is 12.3 Å². The summed E-state index contributed by atoms with van der Waals surface area (Å²) in [5.74, 6) is -0.354. The standard InChI is InChI=1S/C25H31N6O8P/c1-3-4-12-36-24(34)16(2)30-40(35,39-17-8-6-5-7-9-17)37-14-25(13-26)22(33)20(32)21(38-25)18-10-11-19-23(27)28-15-29-31(18)19/h5-11,15-16,20-22,32-33H,3-4,12,14H2,1-2H3,(H,30,35)(H2,27,28,29)/t16-,20-,21-,22-,25+,40-/m0/s1. The number of hydrogen-bond acceptors (Lipinski definition) is 12. The minimum atomic E-state index is -4.39. The van der Waals surface area contributed by atoms with Gasteiger partial charge in [-0.25, -0.2) is 14.1 Å². The molecule has 3 aromatic rings. The Kier molecular flexibility index (Phi) is 9.05. The van der Waals surface area contributed by atoms with E-state index in [0.717, 1.165) is 6.42 Å². The van der Waals surface area contributed by atoms with Crippen molar-refractivity contribution in [2.75, 3.05) is 18.9 Å². The molecule has 15 heteroatoms. The highest BCUT2D eigenvalue weighted by Crippen LogP contribution is 2.48. The van der Waals surface area contributed by atoms with E-state index in [2.05, 4.69) is 15.2 Å². The molecule has 0 spiro atoms. The number of nitrogens with zero attached hydrogens (tertiary/aromatic N) is 4. The van der Waals surface area contributed by atoms with Crippen LogP contribution in [-0.4, -0.2) is 67.8 Å². The molecule has 3 heterocycles. The summed E-state index contributed by atoms with van der Waals surface area (Å²) in [6.45, 7) is 2.76. The number of esters is 1. The molecule has 4 rings (SSSR count). The van der Waals surface area contributed by atoms with Gasteiger partial charge in [0.2, 0.25) is 5.60 Å². The Morgan fingerprint density at radius 3 is 2.77 bits per heavy atom. The van der Waals surface area contributed by atoms with Crippen LogP contribution in [0.4, 0.5) is 5.82 Å². The molecule has 214 valence electrons.